The first kappa shape index (κ1) is 13.9. The summed E-state index contributed by atoms with van der Waals surface area (Å²) in [5, 5.41) is 3.41. The van der Waals surface area contributed by atoms with Crippen LogP contribution in [0.3, 0.4) is 0 Å². The van der Waals surface area contributed by atoms with Gasteiger partial charge < -0.3 is 15.0 Å². The molecule has 0 saturated carbocycles. The molecule has 1 fully saturated rings. The van der Waals surface area contributed by atoms with Gasteiger partial charge in [-0.25, -0.2) is 0 Å². The van der Waals surface area contributed by atoms with Gasteiger partial charge in [0.25, 0.3) is 0 Å². The van der Waals surface area contributed by atoms with Crippen LogP contribution < -0.4 is 5.32 Å². The number of carbonyl (C=O) groups is 1. The summed E-state index contributed by atoms with van der Waals surface area (Å²) in [6.07, 6.45) is 1.60. The molecule has 19 heavy (non-hydrogen) atoms. The van der Waals surface area contributed by atoms with Crippen LogP contribution in [0, 0.1) is 5.92 Å². The molecule has 0 spiro atoms. The first-order valence-corrected chi connectivity index (χ1v) is 6.76. The number of benzene rings is 1. The Kier molecular flexibility index (Phi) is 4.80. The van der Waals surface area contributed by atoms with Crippen molar-refractivity contribution >= 4 is 11.6 Å². The molecule has 1 heterocycles. The maximum absolute atomic E-state index is 11.6. The van der Waals surface area contributed by atoms with Gasteiger partial charge in [0.15, 0.2) is 0 Å². The molecule has 1 N–H and O–H groups in total. The first-order valence-electron chi connectivity index (χ1n) is 6.76. The van der Waals surface area contributed by atoms with Crippen molar-refractivity contribution in [2.45, 2.75) is 12.8 Å². The average Bonchev–Trinajstić information content (AvgIpc) is 2.91. The number of likely N-dealkylation sites (N-methyl/N-ethyl adjacent to an activating group) is 1. The van der Waals surface area contributed by atoms with E-state index in [0.717, 1.165) is 37.4 Å². The molecule has 1 aromatic carbocycles. The molecule has 1 saturated heterocycles. The van der Waals surface area contributed by atoms with Crippen molar-refractivity contribution in [2.24, 2.45) is 5.92 Å². The van der Waals surface area contributed by atoms with Gasteiger partial charge in [0, 0.05) is 38.9 Å². The summed E-state index contributed by atoms with van der Waals surface area (Å²) in [6.45, 7) is 2.70. The number of hydrogen-bond acceptors (Lipinski definition) is 3. The molecule has 0 aliphatic carbocycles. The maximum Gasteiger partial charge on any atom is 0.226 e. The maximum atomic E-state index is 11.6. The van der Waals surface area contributed by atoms with Crippen LogP contribution in [-0.2, 0) is 16.0 Å². The Hall–Kier alpha value is -1.55. The number of anilines is 1. The fraction of sp³-hybridized carbons (Fsp3) is 0.533. The lowest BCUT2D eigenvalue weighted by atomic mass is 10.1. The molecule has 104 valence electrons. The topological polar surface area (TPSA) is 41.6 Å². The second-order valence-electron chi connectivity index (χ2n) is 5.27. The zero-order valence-corrected chi connectivity index (χ0v) is 11.7. The fourth-order valence-corrected chi connectivity index (χ4v) is 2.08. The van der Waals surface area contributed by atoms with E-state index in [0.29, 0.717) is 12.3 Å². The van der Waals surface area contributed by atoms with E-state index in [1.807, 2.05) is 24.3 Å². The standard InChI is InChI=1S/C15H22N2O2/c1-17(2)15(18)9-12-3-5-14(6-4-12)16-10-13-7-8-19-11-13/h3-6,13,16H,7-11H2,1-2H3. The summed E-state index contributed by atoms with van der Waals surface area (Å²) in [6, 6.07) is 8.09. The Balaban J connectivity index is 1.82. The number of ether oxygens (including phenoxy) is 1. The first-order chi connectivity index (χ1) is 9.15. The van der Waals surface area contributed by atoms with Crippen LogP contribution in [0.4, 0.5) is 5.69 Å². The van der Waals surface area contributed by atoms with Gasteiger partial charge in [-0.1, -0.05) is 12.1 Å². The van der Waals surface area contributed by atoms with Gasteiger partial charge in [-0.3, -0.25) is 4.79 Å². The average molecular weight is 262 g/mol. The van der Waals surface area contributed by atoms with Crippen LogP contribution in [0.25, 0.3) is 0 Å². The number of rotatable bonds is 5. The number of nitrogens with zero attached hydrogens (tertiary/aromatic N) is 1. The zero-order chi connectivity index (χ0) is 13.7. The van der Waals surface area contributed by atoms with Crippen LogP contribution >= 0.6 is 0 Å². The van der Waals surface area contributed by atoms with Crippen molar-refractivity contribution in [3.05, 3.63) is 29.8 Å². The molecule has 4 heteroatoms. The molecule has 1 amide bonds. The highest BCUT2D eigenvalue weighted by Gasteiger charge is 2.14. The van der Waals surface area contributed by atoms with E-state index < -0.39 is 0 Å². The lowest BCUT2D eigenvalue weighted by molar-refractivity contribution is -0.127. The van der Waals surface area contributed by atoms with Crippen molar-refractivity contribution in [1.29, 1.82) is 0 Å². The van der Waals surface area contributed by atoms with Gasteiger partial charge in [0.2, 0.25) is 5.91 Å². The summed E-state index contributed by atoms with van der Waals surface area (Å²) in [4.78, 5) is 13.2. The summed E-state index contributed by atoms with van der Waals surface area (Å²) >= 11 is 0. The quantitative estimate of drug-likeness (QED) is 0.879. The second kappa shape index (κ2) is 6.57. The molecular formula is C15H22N2O2. The van der Waals surface area contributed by atoms with Crippen LogP contribution in [0.2, 0.25) is 0 Å². The number of amides is 1. The minimum atomic E-state index is 0.129. The van der Waals surface area contributed by atoms with Crippen molar-refractivity contribution in [2.75, 3.05) is 39.2 Å². The molecule has 0 aromatic heterocycles. The van der Waals surface area contributed by atoms with Crippen LogP contribution in [0.15, 0.2) is 24.3 Å². The van der Waals surface area contributed by atoms with Gasteiger partial charge in [-0.15, -0.1) is 0 Å². The summed E-state index contributed by atoms with van der Waals surface area (Å²) in [7, 11) is 3.56. The minimum Gasteiger partial charge on any atom is -0.385 e. The molecule has 1 aliphatic heterocycles. The van der Waals surface area contributed by atoms with E-state index >= 15 is 0 Å². The number of hydrogen-bond donors (Lipinski definition) is 1. The smallest absolute Gasteiger partial charge is 0.226 e. The normalized spacial score (nSPS) is 18.3. The summed E-state index contributed by atoms with van der Waals surface area (Å²) in [5.74, 6) is 0.749. The highest BCUT2D eigenvalue weighted by molar-refractivity contribution is 5.78. The molecule has 1 aromatic rings. The Labute approximate surface area is 114 Å². The van der Waals surface area contributed by atoms with Gasteiger partial charge in [-0.05, 0) is 24.1 Å². The molecule has 0 bridgehead atoms. The molecular weight excluding hydrogens is 240 g/mol. The highest BCUT2D eigenvalue weighted by Crippen LogP contribution is 2.15. The molecule has 2 rings (SSSR count). The highest BCUT2D eigenvalue weighted by atomic mass is 16.5. The molecule has 1 atom stereocenters. The van der Waals surface area contributed by atoms with Crippen molar-refractivity contribution < 1.29 is 9.53 Å². The van der Waals surface area contributed by atoms with Gasteiger partial charge >= 0.3 is 0 Å². The third-order valence-electron chi connectivity index (χ3n) is 3.43. The van der Waals surface area contributed by atoms with E-state index in [-0.39, 0.29) is 5.91 Å². The summed E-state index contributed by atoms with van der Waals surface area (Å²) < 4.78 is 5.35. The zero-order valence-electron chi connectivity index (χ0n) is 11.7. The third kappa shape index (κ3) is 4.24. The minimum absolute atomic E-state index is 0.129. The third-order valence-corrected chi connectivity index (χ3v) is 3.43. The number of carbonyl (C=O) groups excluding carboxylic acids is 1. The van der Waals surface area contributed by atoms with Gasteiger partial charge in [0.1, 0.15) is 0 Å². The lowest BCUT2D eigenvalue weighted by Crippen LogP contribution is -2.23. The van der Waals surface area contributed by atoms with Crippen LogP contribution in [0.5, 0.6) is 0 Å². The van der Waals surface area contributed by atoms with E-state index in [4.69, 9.17) is 4.74 Å². The van der Waals surface area contributed by atoms with Crippen molar-refractivity contribution in [1.82, 2.24) is 4.90 Å². The molecule has 4 nitrogen and oxygen atoms in total. The van der Waals surface area contributed by atoms with E-state index in [2.05, 4.69) is 5.32 Å². The van der Waals surface area contributed by atoms with Crippen molar-refractivity contribution in [3.63, 3.8) is 0 Å². The second-order valence-corrected chi connectivity index (χ2v) is 5.27. The summed E-state index contributed by atoms with van der Waals surface area (Å²) in [5.41, 5.74) is 2.15. The predicted octanol–water partition coefficient (Wildman–Crippen LogP) is 1.77. The largest absolute Gasteiger partial charge is 0.385 e. The Bertz CT molecular complexity index is 409. The lowest BCUT2D eigenvalue weighted by Gasteiger charge is -2.12. The monoisotopic (exact) mass is 262 g/mol. The van der Waals surface area contributed by atoms with E-state index in [1.165, 1.54) is 0 Å². The molecule has 1 aliphatic rings. The molecule has 0 radical (unpaired) electrons. The predicted molar refractivity (Wildman–Crippen MR) is 76.3 cm³/mol. The van der Waals surface area contributed by atoms with Crippen molar-refractivity contribution in [3.8, 4) is 0 Å². The Morgan fingerprint density at radius 2 is 2.11 bits per heavy atom. The van der Waals surface area contributed by atoms with Gasteiger partial charge in [-0.2, -0.15) is 0 Å². The molecule has 1 unspecified atom stereocenters. The van der Waals surface area contributed by atoms with Gasteiger partial charge in [0.05, 0.1) is 13.0 Å². The van der Waals surface area contributed by atoms with E-state index in [1.54, 1.807) is 19.0 Å². The van der Waals surface area contributed by atoms with E-state index in [9.17, 15) is 4.79 Å². The van der Waals surface area contributed by atoms with Crippen LogP contribution in [0.1, 0.15) is 12.0 Å². The Morgan fingerprint density at radius 3 is 2.68 bits per heavy atom. The van der Waals surface area contributed by atoms with Crippen LogP contribution in [-0.4, -0.2) is 44.7 Å². The Morgan fingerprint density at radius 1 is 1.37 bits per heavy atom. The SMILES string of the molecule is CN(C)C(=O)Cc1ccc(NCC2CCOC2)cc1. The fourth-order valence-electron chi connectivity index (χ4n) is 2.08. The number of nitrogens with one attached hydrogen (secondary N) is 1.